The van der Waals surface area contributed by atoms with Crippen LogP contribution in [-0.4, -0.2) is 22.5 Å². The maximum atomic E-state index is 12.5. The average molecular weight is 337 g/mol. The van der Waals surface area contributed by atoms with Crippen molar-refractivity contribution in [2.24, 2.45) is 0 Å². The number of amides is 2. The number of hydrogen-bond donors (Lipinski definition) is 1. The summed E-state index contributed by atoms with van der Waals surface area (Å²) in [5.41, 5.74) is 1.64. The van der Waals surface area contributed by atoms with E-state index in [9.17, 15) is 4.79 Å². The molecule has 0 radical (unpaired) electrons. The van der Waals surface area contributed by atoms with Crippen molar-refractivity contribution in [3.8, 4) is 22.9 Å². The minimum absolute atomic E-state index is 0.193. The summed E-state index contributed by atoms with van der Waals surface area (Å²) >= 11 is 1.55. The molecule has 0 aliphatic rings. The highest BCUT2D eigenvalue weighted by molar-refractivity contribution is 7.13. The van der Waals surface area contributed by atoms with E-state index in [0.717, 1.165) is 10.6 Å². The third-order valence-electron chi connectivity index (χ3n) is 3.29. The highest BCUT2D eigenvalue weighted by atomic mass is 32.1. The molecule has 3 rings (SSSR count). The Balaban J connectivity index is 1.73. The molecule has 0 unspecified atom stereocenters. The van der Waals surface area contributed by atoms with Gasteiger partial charge in [-0.2, -0.15) is 0 Å². The Morgan fingerprint density at radius 2 is 2.29 bits per heavy atom. The molecule has 0 aliphatic heterocycles. The summed E-state index contributed by atoms with van der Waals surface area (Å²) in [6.07, 6.45) is 8.69. The van der Waals surface area contributed by atoms with Crippen LogP contribution in [0, 0.1) is 12.3 Å². The van der Waals surface area contributed by atoms with Crippen molar-refractivity contribution < 1.29 is 9.21 Å². The molecule has 0 aliphatic carbocycles. The van der Waals surface area contributed by atoms with Crippen LogP contribution < -0.4 is 5.32 Å². The number of rotatable bonds is 5. The van der Waals surface area contributed by atoms with Crippen molar-refractivity contribution in [1.82, 2.24) is 9.88 Å². The average Bonchev–Trinajstić information content (AvgIpc) is 3.28. The molecule has 0 bridgehead atoms. The van der Waals surface area contributed by atoms with Crippen LogP contribution in [0.25, 0.3) is 10.6 Å². The first-order chi connectivity index (χ1) is 11.8. The molecule has 2 amide bonds. The quantitative estimate of drug-likeness (QED) is 0.714. The number of thiazole rings is 1. The standard InChI is InChI=1S/C18H15N3O2S/c1-2-9-21(13-16-7-4-10-23-16)18(22)20-15-6-3-5-14(12-15)17-19-8-11-24-17/h1,3-8,10-12H,9,13H2,(H,20,22). The first kappa shape index (κ1) is 15.8. The Morgan fingerprint density at radius 1 is 1.38 bits per heavy atom. The highest BCUT2D eigenvalue weighted by Gasteiger charge is 2.15. The van der Waals surface area contributed by atoms with Gasteiger partial charge in [0.25, 0.3) is 0 Å². The largest absolute Gasteiger partial charge is 0.467 e. The number of urea groups is 1. The lowest BCUT2D eigenvalue weighted by molar-refractivity contribution is 0.211. The van der Waals surface area contributed by atoms with Crippen molar-refractivity contribution >= 4 is 23.1 Å². The zero-order valence-electron chi connectivity index (χ0n) is 12.8. The molecule has 120 valence electrons. The molecule has 2 heterocycles. The van der Waals surface area contributed by atoms with Gasteiger partial charge in [-0.3, -0.25) is 0 Å². The van der Waals surface area contributed by atoms with Gasteiger partial charge in [0.05, 0.1) is 19.4 Å². The number of hydrogen-bond acceptors (Lipinski definition) is 4. The van der Waals surface area contributed by atoms with E-state index in [2.05, 4.69) is 16.2 Å². The predicted molar refractivity (Wildman–Crippen MR) is 94.5 cm³/mol. The van der Waals surface area contributed by atoms with E-state index >= 15 is 0 Å². The fraction of sp³-hybridized carbons (Fsp3) is 0.111. The summed E-state index contributed by atoms with van der Waals surface area (Å²) in [6, 6.07) is 10.9. The monoisotopic (exact) mass is 337 g/mol. The van der Waals surface area contributed by atoms with Crippen molar-refractivity contribution in [2.75, 3.05) is 11.9 Å². The van der Waals surface area contributed by atoms with E-state index in [0.29, 0.717) is 18.0 Å². The minimum Gasteiger partial charge on any atom is -0.467 e. The summed E-state index contributed by atoms with van der Waals surface area (Å²) in [5.74, 6) is 3.17. The first-order valence-electron chi connectivity index (χ1n) is 7.28. The van der Waals surface area contributed by atoms with Gasteiger partial charge in [-0.1, -0.05) is 18.1 Å². The number of aromatic nitrogens is 1. The Kier molecular flexibility index (Phi) is 4.94. The molecule has 2 aromatic heterocycles. The van der Waals surface area contributed by atoms with Crippen molar-refractivity contribution in [3.05, 3.63) is 60.0 Å². The number of carbonyl (C=O) groups excluding carboxylic acids is 1. The zero-order chi connectivity index (χ0) is 16.8. The van der Waals surface area contributed by atoms with E-state index < -0.39 is 0 Å². The van der Waals surface area contributed by atoms with Crippen molar-refractivity contribution in [1.29, 1.82) is 0 Å². The van der Waals surface area contributed by atoms with Gasteiger partial charge in [0.15, 0.2) is 0 Å². The fourth-order valence-electron chi connectivity index (χ4n) is 2.20. The SMILES string of the molecule is C#CCN(Cc1ccco1)C(=O)Nc1cccc(-c2nccs2)c1. The maximum Gasteiger partial charge on any atom is 0.323 e. The van der Waals surface area contributed by atoms with E-state index in [1.807, 2.05) is 29.6 Å². The minimum atomic E-state index is -0.277. The van der Waals surface area contributed by atoms with Gasteiger partial charge in [0.1, 0.15) is 10.8 Å². The predicted octanol–water partition coefficient (Wildman–Crippen LogP) is 4.07. The lowest BCUT2D eigenvalue weighted by Gasteiger charge is -2.19. The first-order valence-corrected chi connectivity index (χ1v) is 8.16. The number of nitrogens with zero attached hydrogens (tertiary/aromatic N) is 2. The van der Waals surface area contributed by atoms with Gasteiger partial charge in [-0.15, -0.1) is 17.8 Å². The second kappa shape index (κ2) is 7.49. The maximum absolute atomic E-state index is 12.5. The second-order valence-electron chi connectivity index (χ2n) is 4.99. The number of nitrogens with one attached hydrogen (secondary N) is 1. The summed E-state index contributed by atoms with van der Waals surface area (Å²) in [6.45, 7) is 0.508. The van der Waals surface area contributed by atoms with Gasteiger partial charge < -0.3 is 14.6 Å². The molecule has 0 fully saturated rings. The van der Waals surface area contributed by atoms with Crippen LogP contribution in [0.4, 0.5) is 10.5 Å². The van der Waals surface area contributed by atoms with Gasteiger partial charge in [0, 0.05) is 22.8 Å². The number of anilines is 1. The van der Waals surface area contributed by atoms with E-state index in [1.165, 1.54) is 4.90 Å². The Labute approximate surface area is 143 Å². The second-order valence-corrected chi connectivity index (χ2v) is 5.88. The molecule has 0 saturated heterocycles. The van der Waals surface area contributed by atoms with Crippen LogP contribution in [0.3, 0.4) is 0 Å². The van der Waals surface area contributed by atoms with Crippen molar-refractivity contribution in [2.45, 2.75) is 6.54 Å². The Morgan fingerprint density at radius 3 is 3.00 bits per heavy atom. The van der Waals surface area contributed by atoms with E-state index in [-0.39, 0.29) is 12.6 Å². The summed E-state index contributed by atoms with van der Waals surface area (Å²) in [7, 11) is 0. The third-order valence-corrected chi connectivity index (χ3v) is 4.11. The summed E-state index contributed by atoms with van der Waals surface area (Å²) in [5, 5.41) is 5.69. The van der Waals surface area contributed by atoms with Crippen LogP contribution in [0.2, 0.25) is 0 Å². The normalized spacial score (nSPS) is 10.1. The summed E-state index contributed by atoms with van der Waals surface area (Å²) < 4.78 is 5.28. The molecule has 1 N–H and O–H groups in total. The number of benzene rings is 1. The van der Waals surface area contributed by atoms with Crippen LogP contribution in [0.1, 0.15) is 5.76 Å². The molecular formula is C18H15N3O2S. The molecule has 0 spiro atoms. The summed E-state index contributed by atoms with van der Waals surface area (Å²) in [4.78, 5) is 18.3. The molecule has 0 saturated carbocycles. The van der Waals surface area contributed by atoms with E-state index in [4.69, 9.17) is 10.8 Å². The fourth-order valence-corrected chi connectivity index (χ4v) is 2.83. The smallest absolute Gasteiger partial charge is 0.323 e. The highest BCUT2D eigenvalue weighted by Crippen LogP contribution is 2.24. The topological polar surface area (TPSA) is 58.4 Å². The number of furan rings is 1. The van der Waals surface area contributed by atoms with Crippen LogP contribution in [-0.2, 0) is 6.54 Å². The Bertz CT molecular complexity index is 836. The lowest BCUT2D eigenvalue weighted by Crippen LogP contribution is -2.34. The van der Waals surface area contributed by atoms with Gasteiger partial charge in [-0.05, 0) is 24.3 Å². The Hall–Kier alpha value is -3.04. The zero-order valence-corrected chi connectivity index (χ0v) is 13.6. The molecule has 0 atom stereocenters. The van der Waals surface area contributed by atoms with E-state index in [1.54, 1.807) is 35.9 Å². The molecular weight excluding hydrogens is 322 g/mol. The van der Waals surface area contributed by atoms with Gasteiger partial charge in [-0.25, -0.2) is 9.78 Å². The van der Waals surface area contributed by atoms with Crippen molar-refractivity contribution in [3.63, 3.8) is 0 Å². The van der Waals surface area contributed by atoms with Gasteiger partial charge in [0.2, 0.25) is 0 Å². The third kappa shape index (κ3) is 3.83. The molecule has 5 nitrogen and oxygen atoms in total. The molecule has 6 heteroatoms. The molecule has 3 aromatic rings. The number of terminal acetylenes is 1. The van der Waals surface area contributed by atoms with Crippen LogP contribution in [0.15, 0.2) is 58.7 Å². The van der Waals surface area contributed by atoms with Gasteiger partial charge >= 0.3 is 6.03 Å². The van der Waals surface area contributed by atoms with Crippen LogP contribution >= 0.6 is 11.3 Å². The van der Waals surface area contributed by atoms with Crippen LogP contribution in [0.5, 0.6) is 0 Å². The lowest BCUT2D eigenvalue weighted by atomic mass is 10.2. The molecule has 24 heavy (non-hydrogen) atoms. The molecule has 1 aromatic carbocycles. The number of carbonyl (C=O) groups is 1.